The first-order valence-electron chi connectivity index (χ1n) is 9.67. The number of benzene rings is 2. The monoisotopic (exact) mass is 431 g/mol. The van der Waals surface area contributed by atoms with Crippen LogP contribution in [0.15, 0.2) is 57.8 Å². The van der Waals surface area contributed by atoms with Gasteiger partial charge in [0.25, 0.3) is 10.0 Å². The lowest BCUT2D eigenvalue weighted by molar-refractivity contribution is -0.122. The van der Waals surface area contributed by atoms with Gasteiger partial charge in [0.05, 0.1) is 12.6 Å². The summed E-state index contributed by atoms with van der Waals surface area (Å²) in [6.07, 6.45) is 0.659. The van der Waals surface area contributed by atoms with Gasteiger partial charge in [-0.1, -0.05) is 45.0 Å². The van der Waals surface area contributed by atoms with Crippen LogP contribution in [-0.2, 0) is 14.8 Å². The van der Waals surface area contributed by atoms with Crippen molar-refractivity contribution in [2.24, 2.45) is 9.81 Å². The van der Waals surface area contributed by atoms with E-state index in [4.69, 9.17) is 0 Å². The molecule has 1 atom stereocenters. The Kier molecular flexibility index (Phi) is 5.99. The molecule has 6 nitrogen and oxygen atoms in total. The molecule has 8 heteroatoms. The van der Waals surface area contributed by atoms with Crippen LogP contribution in [-0.4, -0.2) is 38.7 Å². The van der Waals surface area contributed by atoms with Crippen molar-refractivity contribution in [1.82, 2.24) is 10.2 Å². The van der Waals surface area contributed by atoms with Crippen LogP contribution in [0.2, 0.25) is 0 Å². The van der Waals surface area contributed by atoms with Crippen molar-refractivity contribution in [3.05, 3.63) is 65.5 Å². The average molecular weight is 432 g/mol. The molecule has 2 aromatic rings. The number of carbonyl (C=O) groups is 1. The fraction of sp³-hybridized carbons (Fsp3) is 0.364. The summed E-state index contributed by atoms with van der Waals surface area (Å²) in [4.78, 5) is 14.5. The highest BCUT2D eigenvalue weighted by atomic mass is 32.2. The Balaban J connectivity index is 1.76. The average Bonchev–Trinajstić information content (AvgIpc) is 2.92. The fourth-order valence-electron chi connectivity index (χ4n) is 3.45. The van der Waals surface area contributed by atoms with E-state index in [2.05, 4.69) is 30.5 Å². The summed E-state index contributed by atoms with van der Waals surface area (Å²) in [6, 6.07) is 12.3. The zero-order valence-corrected chi connectivity index (χ0v) is 18.3. The number of nitrogens with one attached hydrogen (secondary N) is 1. The van der Waals surface area contributed by atoms with E-state index in [0.717, 1.165) is 5.56 Å². The minimum atomic E-state index is -3.75. The van der Waals surface area contributed by atoms with E-state index in [1.165, 1.54) is 23.1 Å². The number of carbonyl (C=O) groups excluding carboxylic acids is 1. The molecule has 3 rings (SSSR count). The van der Waals surface area contributed by atoms with Crippen molar-refractivity contribution in [2.75, 3.05) is 13.6 Å². The Labute approximate surface area is 176 Å². The Bertz CT molecular complexity index is 1070. The van der Waals surface area contributed by atoms with E-state index < -0.39 is 10.0 Å². The van der Waals surface area contributed by atoms with Gasteiger partial charge in [0.2, 0.25) is 5.91 Å². The first kappa shape index (κ1) is 22.0. The first-order valence-corrected chi connectivity index (χ1v) is 11.1. The Morgan fingerprint density at radius 1 is 1.13 bits per heavy atom. The molecule has 0 fully saturated rings. The Hall–Kier alpha value is -2.74. The molecule has 1 aliphatic rings. The van der Waals surface area contributed by atoms with Crippen LogP contribution in [0.3, 0.4) is 0 Å². The molecule has 0 saturated carbocycles. The maximum atomic E-state index is 13.3. The number of hydrogen-bond donors (Lipinski definition) is 1. The molecular weight excluding hydrogens is 405 g/mol. The van der Waals surface area contributed by atoms with Crippen molar-refractivity contribution >= 4 is 21.8 Å². The molecule has 0 bridgehead atoms. The van der Waals surface area contributed by atoms with Gasteiger partial charge < -0.3 is 10.2 Å². The van der Waals surface area contributed by atoms with E-state index in [9.17, 15) is 17.6 Å². The molecule has 1 N–H and O–H groups in total. The number of likely N-dealkylation sites (N-methyl/N-ethyl adjacent to an activating group) is 1. The molecule has 1 unspecified atom stereocenters. The van der Waals surface area contributed by atoms with Gasteiger partial charge in [0.1, 0.15) is 10.7 Å². The summed E-state index contributed by atoms with van der Waals surface area (Å²) < 4.78 is 41.7. The molecular formula is C22H26FN3O3S. The number of nitrogens with zero attached hydrogens (tertiary/aromatic N) is 2. The van der Waals surface area contributed by atoms with Gasteiger partial charge in [-0.05, 0) is 41.7 Å². The van der Waals surface area contributed by atoms with E-state index in [1.54, 1.807) is 37.4 Å². The lowest BCUT2D eigenvalue weighted by atomic mass is 9.85. The zero-order chi connectivity index (χ0) is 22.1. The summed E-state index contributed by atoms with van der Waals surface area (Å²) in [5.41, 5.74) is 1.23. The predicted molar refractivity (Wildman–Crippen MR) is 114 cm³/mol. The zero-order valence-electron chi connectivity index (χ0n) is 17.5. The number of amidine groups is 1. The van der Waals surface area contributed by atoms with Crippen molar-refractivity contribution in [1.29, 1.82) is 0 Å². The molecule has 1 aliphatic heterocycles. The van der Waals surface area contributed by atoms with Crippen molar-refractivity contribution in [3.63, 3.8) is 0 Å². The van der Waals surface area contributed by atoms with Gasteiger partial charge in [-0.15, -0.1) is 4.40 Å². The SMILES string of the molecule is CN(CC(=O)NC(CC(C)(C)C)c1ccc(F)cc1)C1=NS(=O)(=O)c2ccccc21. The van der Waals surface area contributed by atoms with Gasteiger partial charge in [0, 0.05) is 12.6 Å². The topological polar surface area (TPSA) is 78.8 Å². The quantitative estimate of drug-likeness (QED) is 0.786. The standard InChI is InChI=1S/C22H26FN3O3S/c1-22(2,3)13-18(15-9-11-16(23)12-10-15)24-20(27)14-26(4)21-17-7-5-6-8-19(17)30(28,29)25-21/h5-12,18H,13-14H2,1-4H3,(H,24,27). The summed E-state index contributed by atoms with van der Waals surface area (Å²) in [7, 11) is -2.12. The molecule has 160 valence electrons. The second-order valence-electron chi connectivity index (χ2n) is 8.68. The van der Waals surface area contributed by atoms with Crippen molar-refractivity contribution in [2.45, 2.75) is 38.1 Å². The van der Waals surface area contributed by atoms with Crippen LogP contribution in [0.1, 0.15) is 44.4 Å². The van der Waals surface area contributed by atoms with Crippen molar-refractivity contribution < 1.29 is 17.6 Å². The number of amides is 1. The minimum Gasteiger partial charge on any atom is -0.349 e. The lowest BCUT2D eigenvalue weighted by Gasteiger charge is -2.28. The Morgan fingerprint density at radius 2 is 1.77 bits per heavy atom. The minimum absolute atomic E-state index is 0.0650. The Morgan fingerprint density at radius 3 is 2.40 bits per heavy atom. The van der Waals surface area contributed by atoms with Crippen LogP contribution < -0.4 is 5.32 Å². The molecule has 1 heterocycles. The van der Waals surface area contributed by atoms with Gasteiger partial charge >= 0.3 is 0 Å². The molecule has 0 aromatic heterocycles. The molecule has 0 spiro atoms. The van der Waals surface area contributed by atoms with E-state index in [0.29, 0.717) is 12.0 Å². The summed E-state index contributed by atoms with van der Waals surface area (Å²) in [5, 5.41) is 3.00. The number of rotatable bonds is 5. The molecule has 30 heavy (non-hydrogen) atoms. The van der Waals surface area contributed by atoms with Crippen LogP contribution in [0.5, 0.6) is 0 Å². The molecule has 0 aliphatic carbocycles. The first-order chi connectivity index (χ1) is 14.0. The lowest BCUT2D eigenvalue weighted by Crippen LogP contribution is -2.40. The maximum absolute atomic E-state index is 13.3. The molecule has 0 saturated heterocycles. The molecule has 2 aromatic carbocycles. The highest BCUT2D eigenvalue weighted by Crippen LogP contribution is 2.30. The summed E-state index contributed by atoms with van der Waals surface area (Å²) in [5.74, 6) is -0.367. The highest BCUT2D eigenvalue weighted by molar-refractivity contribution is 7.90. The summed E-state index contributed by atoms with van der Waals surface area (Å²) in [6.45, 7) is 6.13. The second kappa shape index (κ2) is 8.18. The van der Waals surface area contributed by atoms with Crippen LogP contribution in [0.4, 0.5) is 4.39 Å². The largest absolute Gasteiger partial charge is 0.349 e. The van der Waals surface area contributed by atoms with Crippen LogP contribution in [0.25, 0.3) is 0 Å². The number of hydrogen-bond acceptors (Lipinski definition) is 4. The van der Waals surface area contributed by atoms with E-state index in [1.807, 2.05) is 0 Å². The van der Waals surface area contributed by atoms with Gasteiger partial charge in [-0.25, -0.2) is 4.39 Å². The fourth-order valence-corrected chi connectivity index (χ4v) is 4.71. The third kappa shape index (κ3) is 5.05. The number of sulfonamides is 1. The van der Waals surface area contributed by atoms with Crippen molar-refractivity contribution in [3.8, 4) is 0 Å². The predicted octanol–water partition coefficient (Wildman–Crippen LogP) is 3.50. The van der Waals surface area contributed by atoms with Crippen LogP contribution >= 0.6 is 0 Å². The highest BCUT2D eigenvalue weighted by Gasteiger charge is 2.31. The smallest absolute Gasteiger partial charge is 0.285 e. The third-order valence-corrected chi connectivity index (χ3v) is 6.10. The van der Waals surface area contributed by atoms with Crippen LogP contribution in [0, 0.1) is 11.2 Å². The van der Waals surface area contributed by atoms with Gasteiger partial charge in [-0.2, -0.15) is 8.42 Å². The maximum Gasteiger partial charge on any atom is 0.285 e. The van der Waals surface area contributed by atoms with Gasteiger partial charge in [0.15, 0.2) is 5.84 Å². The third-order valence-electron chi connectivity index (χ3n) is 4.78. The number of fused-ring (bicyclic) bond motifs is 1. The van der Waals surface area contributed by atoms with E-state index >= 15 is 0 Å². The molecule has 0 radical (unpaired) electrons. The molecule has 1 amide bonds. The van der Waals surface area contributed by atoms with E-state index in [-0.39, 0.29) is 40.5 Å². The normalized spacial score (nSPS) is 15.8. The second-order valence-corrected chi connectivity index (χ2v) is 10.3. The van der Waals surface area contributed by atoms with Gasteiger partial charge in [-0.3, -0.25) is 4.79 Å². The number of halogens is 1. The summed E-state index contributed by atoms with van der Waals surface area (Å²) >= 11 is 0.